The average molecular weight is 206 g/mol. The second-order valence-electron chi connectivity index (χ2n) is 3.93. The molecule has 0 atom stereocenters. The maximum absolute atomic E-state index is 5.79. The first-order valence-electron chi connectivity index (χ1n) is 4.75. The van der Waals surface area contributed by atoms with Gasteiger partial charge in [0.2, 0.25) is 5.89 Å². The summed E-state index contributed by atoms with van der Waals surface area (Å²) >= 11 is 0. The topological polar surface area (TPSA) is 61.3 Å². The van der Waals surface area contributed by atoms with E-state index >= 15 is 0 Å². The lowest BCUT2D eigenvalue weighted by molar-refractivity contribution is -0.00241. The van der Waals surface area contributed by atoms with Crippen molar-refractivity contribution in [3.8, 4) is 0 Å². The van der Waals surface area contributed by atoms with Crippen LogP contribution in [-0.2, 0) is 10.3 Å². The van der Waals surface area contributed by atoms with Crippen molar-refractivity contribution in [2.45, 2.75) is 19.4 Å². The smallest absolute Gasteiger partial charge is 0.227 e. The van der Waals surface area contributed by atoms with Crippen LogP contribution < -0.4 is 5.73 Å². The Kier molecular flexibility index (Phi) is 2.16. The highest BCUT2D eigenvalue weighted by Gasteiger charge is 2.26. The van der Waals surface area contributed by atoms with Gasteiger partial charge in [-0.15, -0.1) is 0 Å². The maximum Gasteiger partial charge on any atom is 0.227 e. The Morgan fingerprint density at radius 3 is 2.73 bits per heavy atom. The van der Waals surface area contributed by atoms with Crippen LogP contribution in [0.4, 0.5) is 5.69 Å². The van der Waals surface area contributed by atoms with Gasteiger partial charge in [-0.2, -0.15) is 0 Å². The number of hydrogen-bond acceptors (Lipinski definition) is 4. The number of oxazole rings is 1. The van der Waals surface area contributed by atoms with Crippen LogP contribution in [0, 0.1) is 0 Å². The van der Waals surface area contributed by atoms with E-state index in [9.17, 15) is 0 Å². The van der Waals surface area contributed by atoms with Gasteiger partial charge in [0.15, 0.2) is 5.58 Å². The number of aromatic nitrogens is 1. The average Bonchev–Trinajstić information content (AvgIpc) is 2.64. The molecule has 0 aliphatic carbocycles. The number of methoxy groups -OCH3 is 1. The predicted octanol–water partition coefficient (Wildman–Crippen LogP) is 2.29. The number of rotatable bonds is 2. The van der Waals surface area contributed by atoms with E-state index in [0.717, 1.165) is 0 Å². The second-order valence-corrected chi connectivity index (χ2v) is 3.93. The highest BCUT2D eigenvalue weighted by molar-refractivity contribution is 5.85. The van der Waals surface area contributed by atoms with Crippen molar-refractivity contribution >= 4 is 16.8 Å². The number of anilines is 1. The van der Waals surface area contributed by atoms with Gasteiger partial charge < -0.3 is 14.9 Å². The van der Waals surface area contributed by atoms with E-state index in [4.69, 9.17) is 14.9 Å². The summed E-state index contributed by atoms with van der Waals surface area (Å²) in [6.07, 6.45) is 0. The van der Waals surface area contributed by atoms with E-state index in [0.29, 0.717) is 22.7 Å². The molecule has 80 valence electrons. The molecule has 0 radical (unpaired) electrons. The third-order valence-corrected chi connectivity index (χ3v) is 2.48. The van der Waals surface area contributed by atoms with Crippen LogP contribution >= 0.6 is 0 Å². The third kappa shape index (κ3) is 1.57. The fourth-order valence-electron chi connectivity index (χ4n) is 1.31. The van der Waals surface area contributed by atoms with E-state index in [1.807, 2.05) is 26.0 Å². The van der Waals surface area contributed by atoms with Crippen molar-refractivity contribution in [1.29, 1.82) is 0 Å². The summed E-state index contributed by atoms with van der Waals surface area (Å²) in [5.41, 5.74) is 7.26. The molecule has 2 rings (SSSR count). The van der Waals surface area contributed by atoms with Gasteiger partial charge in [-0.1, -0.05) is 6.07 Å². The van der Waals surface area contributed by atoms with E-state index in [2.05, 4.69) is 4.98 Å². The normalized spacial score (nSPS) is 12.2. The molecule has 1 aromatic heterocycles. The molecule has 15 heavy (non-hydrogen) atoms. The predicted molar refractivity (Wildman–Crippen MR) is 58.5 cm³/mol. The fourth-order valence-corrected chi connectivity index (χ4v) is 1.31. The van der Waals surface area contributed by atoms with E-state index in [-0.39, 0.29) is 0 Å². The second kappa shape index (κ2) is 3.24. The molecule has 0 fully saturated rings. The van der Waals surface area contributed by atoms with Crippen LogP contribution in [0.2, 0.25) is 0 Å². The Bertz CT molecular complexity index is 488. The van der Waals surface area contributed by atoms with Crippen molar-refractivity contribution < 1.29 is 9.15 Å². The molecule has 4 heteroatoms. The van der Waals surface area contributed by atoms with Crippen LogP contribution in [0.3, 0.4) is 0 Å². The summed E-state index contributed by atoms with van der Waals surface area (Å²) in [5, 5.41) is 0. The van der Waals surface area contributed by atoms with Gasteiger partial charge in [0.1, 0.15) is 11.1 Å². The van der Waals surface area contributed by atoms with Crippen LogP contribution in [-0.4, -0.2) is 12.1 Å². The molecule has 4 nitrogen and oxygen atoms in total. The summed E-state index contributed by atoms with van der Waals surface area (Å²) in [7, 11) is 1.62. The standard InChI is InChI=1S/C11H14N2O2/c1-11(2,14-3)10-13-9-7(12)5-4-6-8(9)15-10/h4-6H,12H2,1-3H3. The number of hydrogen-bond donors (Lipinski definition) is 1. The van der Waals surface area contributed by atoms with Crippen LogP contribution in [0.1, 0.15) is 19.7 Å². The minimum Gasteiger partial charge on any atom is -0.437 e. The molecule has 0 saturated carbocycles. The first kappa shape index (κ1) is 9.98. The molecule has 2 aromatic rings. The first-order valence-corrected chi connectivity index (χ1v) is 4.75. The van der Waals surface area contributed by atoms with Crippen LogP contribution in [0.25, 0.3) is 11.1 Å². The summed E-state index contributed by atoms with van der Waals surface area (Å²) in [6, 6.07) is 5.48. The summed E-state index contributed by atoms with van der Waals surface area (Å²) in [5.74, 6) is 0.540. The van der Waals surface area contributed by atoms with Crippen molar-refractivity contribution in [2.75, 3.05) is 12.8 Å². The van der Waals surface area contributed by atoms with Gasteiger partial charge in [-0.05, 0) is 26.0 Å². The summed E-state index contributed by atoms with van der Waals surface area (Å²) in [6.45, 7) is 3.79. The Hall–Kier alpha value is -1.55. The molecule has 0 bridgehead atoms. The van der Waals surface area contributed by atoms with Gasteiger partial charge in [0.05, 0.1) is 5.69 Å². The number of nitrogens with two attached hydrogens (primary N) is 1. The monoisotopic (exact) mass is 206 g/mol. The SMILES string of the molecule is COC(C)(C)c1nc2c(N)cccc2o1. The number of fused-ring (bicyclic) bond motifs is 1. The highest BCUT2D eigenvalue weighted by atomic mass is 16.5. The van der Waals surface area contributed by atoms with Crippen LogP contribution in [0.15, 0.2) is 22.6 Å². The Morgan fingerprint density at radius 2 is 2.13 bits per heavy atom. The maximum atomic E-state index is 5.79. The first-order chi connectivity index (χ1) is 7.04. The van der Waals surface area contributed by atoms with Gasteiger partial charge in [0, 0.05) is 7.11 Å². The van der Waals surface area contributed by atoms with Crippen molar-refractivity contribution in [3.05, 3.63) is 24.1 Å². The molecule has 1 heterocycles. The zero-order valence-electron chi connectivity index (χ0n) is 9.07. The zero-order valence-corrected chi connectivity index (χ0v) is 9.07. The van der Waals surface area contributed by atoms with E-state index in [1.165, 1.54) is 0 Å². The van der Waals surface area contributed by atoms with Gasteiger partial charge >= 0.3 is 0 Å². The van der Waals surface area contributed by atoms with E-state index in [1.54, 1.807) is 13.2 Å². The third-order valence-electron chi connectivity index (χ3n) is 2.48. The lowest BCUT2D eigenvalue weighted by Crippen LogP contribution is -2.19. The molecule has 2 N–H and O–H groups in total. The molecule has 0 spiro atoms. The molecular formula is C11H14N2O2. The Balaban J connectivity index is 2.62. The number of ether oxygens (including phenoxy) is 1. The lowest BCUT2D eigenvalue weighted by atomic mass is 10.1. The van der Waals surface area contributed by atoms with Crippen molar-refractivity contribution in [2.24, 2.45) is 0 Å². The number of nitrogen functional groups attached to an aromatic ring is 1. The van der Waals surface area contributed by atoms with Crippen molar-refractivity contribution in [1.82, 2.24) is 4.98 Å². The summed E-state index contributed by atoms with van der Waals surface area (Å²) < 4.78 is 10.9. The highest BCUT2D eigenvalue weighted by Crippen LogP contribution is 2.28. The van der Waals surface area contributed by atoms with Gasteiger partial charge in [0.25, 0.3) is 0 Å². The quantitative estimate of drug-likeness (QED) is 0.766. The molecular weight excluding hydrogens is 192 g/mol. The fraction of sp³-hybridized carbons (Fsp3) is 0.364. The van der Waals surface area contributed by atoms with Crippen LogP contribution in [0.5, 0.6) is 0 Å². The molecule has 0 amide bonds. The Labute approximate surface area is 88.0 Å². The largest absolute Gasteiger partial charge is 0.437 e. The Morgan fingerprint density at radius 1 is 1.40 bits per heavy atom. The minimum atomic E-state index is -0.536. The number of para-hydroxylation sites is 1. The molecule has 0 aliphatic rings. The van der Waals surface area contributed by atoms with Crippen molar-refractivity contribution in [3.63, 3.8) is 0 Å². The zero-order chi connectivity index (χ0) is 11.1. The molecule has 0 unspecified atom stereocenters. The summed E-state index contributed by atoms with van der Waals surface area (Å²) in [4.78, 5) is 4.34. The number of benzene rings is 1. The van der Waals surface area contributed by atoms with E-state index < -0.39 is 5.60 Å². The molecule has 0 aliphatic heterocycles. The molecule has 1 aromatic carbocycles. The molecule has 0 saturated heterocycles. The minimum absolute atomic E-state index is 0.536. The van der Waals surface area contributed by atoms with Gasteiger partial charge in [-0.25, -0.2) is 4.98 Å². The lowest BCUT2D eigenvalue weighted by Gasteiger charge is -2.17. The number of nitrogens with zero attached hydrogens (tertiary/aromatic N) is 1. The van der Waals surface area contributed by atoms with Gasteiger partial charge in [-0.3, -0.25) is 0 Å².